The number of rotatable bonds is 6. The standard InChI is InChI=1S/C20H31N5OS/c1-4-27(26)18-9-5-8-16(13-18)24-20(21-3)22-11-10-17-14-25-12-6-7-15(2)19(25)23-17/h6-7,12,14,16,18H,4-5,8-11,13H2,1-3H3,(H2,21,22,24). The lowest BCUT2D eigenvalue weighted by atomic mass is 9.95. The number of hydrogen-bond acceptors (Lipinski definition) is 3. The Bertz CT molecular complexity index is 816. The summed E-state index contributed by atoms with van der Waals surface area (Å²) in [5, 5.41) is 7.23. The summed E-state index contributed by atoms with van der Waals surface area (Å²) in [7, 11) is 1.10. The molecule has 0 spiro atoms. The van der Waals surface area contributed by atoms with Gasteiger partial charge in [-0.3, -0.25) is 9.20 Å². The van der Waals surface area contributed by atoms with Gasteiger partial charge in [0.05, 0.1) is 5.69 Å². The molecule has 3 rings (SSSR count). The minimum absolute atomic E-state index is 0.320. The maximum absolute atomic E-state index is 12.1. The van der Waals surface area contributed by atoms with Crippen molar-refractivity contribution < 1.29 is 4.21 Å². The van der Waals surface area contributed by atoms with Gasteiger partial charge in [-0.1, -0.05) is 19.4 Å². The molecule has 148 valence electrons. The van der Waals surface area contributed by atoms with Gasteiger partial charge in [0.2, 0.25) is 0 Å². The van der Waals surface area contributed by atoms with Gasteiger partial charge in [0.25, 0.3) is 0 Å². The molecule has 0 aliphatic heterocycles. The van der Waals surface area contributed by atoms with Crippen molar-refractivity contribution in [3.8, 4) is 0 Å². The third kappa shape index (κ3) is 5.09. The quantitative estimate of drug-likeness (QED) is 0.588. The van der Waals surface area contributed by atoms with E-state index in [0.29, 0.717) is 11.3 Å². The molecule has 2 N–H and O–H groups in total. The first-order chi connectivity index (χ1) is 13.1. The van der Waals surface area contributed by atoms with Crippen molar-refractivity contribution in [2.45, 2.75) is 57.2 Å². The van der Waals surface area contributed by atoms with E-state index in [9.17, 15) is 4.21 Å². The van der Waals surface area contributed by atoms with Crippen molar-refractivity contribution in [3.63, 3.8) is 0 Å². The van der Waals surface area contributed by atoms with Crippen LogP contribution >= 0.6 is 0 Å². The summed E-state index contributed by atoms with van der Waals surface area (Å²) in [5.74, 6) is 1.57. The SMILES string of the molecule is CCS(=O)C1CCCC(NC(=NC)NCCc2cn3cccc(C)c3n2)C1. The fourth-order valence-electron chi connectivity index (χ4n) is 3.77. The second-order valence-corrected chi connectivity index (χ2v) is 9.21. The van der Waals surface area contributed by atoms with E-state index in [1.807, 2.05) is 19.2 Å². The molecule has 1 saturated carbocycles. The van der Waals surface area contributed by atoms with Gasteiger partial charge in [0, 0.05) is 60.3 Å². The molecule has 3 unspecified atom stereocenters. The lowest BCUT2D eigenvalue weighted by Crippen LogP contribution is -2.47. The summed E-state index contributed by atoms with van der Waals surface area (Å²) in [4.78, 5) is 9.07. The van der Waals surface area contributed by atoms with E-state index in [2.05, 4.69) is 39.2 Å². The Morgan fingerprint density at radius 3 is 3.04 bits per heavy atom. The summed E-state index contributed by atoms with van der Waals surface area (Å²) in [6.07, 6.45) is 9.26. The van der Waals surface area contributed by atoms with Gasteiger partial charge in [-0.15, -0.1) is 0 Å². The summed E-state index contributed by atoms with van der Waals surface area (Å²) in [6.45, 7) is 4.87. The lowest BCUT2D eigenvalue weighted by Gasteiger charge is -2.30. The van der Waals surface area contributed by atoms with E-state index < -0.39 is 10.8 Å². The zero-order valence-electron chi connectivity index (χ0n) is 16.6. The average molecular weight is 390 g/mol. The number of aryl methyl sites for hydroxylation is 1. The normalized spacial score (nSPS) is 22.0. The van der Waals surface area contributed by atoms with Crippen molar-refractivity contribution in [3.05, 3.63) is 35.8 Å². The van der Waals surface area contributed by atoms with Gasteiger partial charge in [0.1, 0.15) is 5.65 Å². The van der Waals surface area contributed by atoms with Gasteiger partial charge in [-0.25, -0.2) is 4.98 Å². The molecule has 0 radical (unpaired) electrons. The van der Waals surface area contributed by atoms with E-state index >= 15 is 0 Å². The second kappa shape index (κ2) is 9.35. The zero-order chi connectivity index (χ0) is 19.2. The van der Waals surface area contributed by atoms with Gasteiger partial charge in [-0.05, 0) is 37.8 Å². The molecule has 1 aliphatic carbocycles. The van der Waals surface area contributed by atoms with Crippen LogP contribution < -0.4 is 10.6 Å². The van der Waals surface area contributed by atoms with E-state index in [0.717, 1.165) is 61.7 Å². The molecule has 0 saturated heterocycles. The van der Waals surface area contributed by atoms with Crippen LogP contribution in [0.15, 0.2) is 29.5 Å². The molecule has 2 aromatic rings. The van der Waals surface area contributed by atoms with Gasteiger partial charge >= 0.3 is 0 Å². The Morgan fingerprint density at radius 2 is 2.30 bits per heavy atom. The Labute approximate surface area is 164 Å². The van der Waals surface area contributed by atoms with Crippen LogP contribution in [0.3, 0.4) is 0 Å². The topological polar surface area (TPSA) is 70.8 Å². The summed E-state index contributed by atoms with van der Waals surface area (Å²) in [5.41, 5.74) is 3.28. The predicted octanol–water partition coefficient (Wildman–Crippen LogP) is 2.43. The van der Waals surface area contributed by atoms with E-state index in [1.54, 1.807) is 7.05 Å². The first-order valence-corrected chi connectivity index (χ1v) is 11.3. The fourth-order valence-corrected chi connectivity index (χ4v) is 5.12. The van der Waals surface area contributed by atoms with Crippen LogP contribution in [0.25, 0.3) is 5.65 Å². The maximum atomic E-state index is 12.1. The zero-order valence-corrected chi connectivity index (χ0v) is 17.4. The number of fused-ring (bicyclic) bond motifs is 1. The number of guanidine groups is 1. The van der Waals surface area contributed by atoms with Crippen LogP contribution in [0, 0.1) is 6.92 Å². The second-order valence-electron chi connectivity index (χ2n) is 7.20. The van der Waals surface area contributed by atoms with Crippen LogP contribution in [0.1, 0.15) is 43.9 Å². The number of pyridine rings is 1. The number of hydrogen-bond donors (Lipinski definition) is 2. The van der Waals surface area contributed by atoms with E-state index in [4.69, 9.17) is 4.98 Å². The van der Waals surface area contributed by atoms with Gasteiger partial charge in [-0.2, -0.15) is 0 Å². The largest absolute Gasteiger partial charge is 0.356 e. The first-order valence-electron chi connectivity index (χ1n) is 9.88. The van der Waals surface area contributed by atoms with Crippen molar-refractivity contribution in [2.24, 2.45) is 4.99 Å². The highest BCUT2D eigenvalue weighted by atomic mass is 32.2. The fraction of sp³-hybridized carbons (Fsp3) is 0.600. The van der Waals surface area contributed by atoms with Crippen molar-refractivity contribution in [1.82, 2.24) is 20.0 Å². The van der Waals surface area contributed by atoms with Crippen molar-refractivity contribution in [2.75, 3.05) is 19.3 Å². The molecular formula is C20H31N5OS. The van der Waals surface area contributed by atoms with Crippen LogP contribution in [0.2, 0.25) is 0 Å². The summed E-state index contributed by atoms with van der Waals surface area (Å²) < 4.78 is 14.2. The average Bonchev–Trinajstić information content (AvgIpc) is 3.11. The van der Waals surface area contributed by atoms with Gasteiger partial charge in [0.15, 0.2) is 5.96 Å². The number of imidazole rings is 1. The molecule has 27 heavy (non-hydrogen) atoms. The van der Waals surface area contributed by atoms with E-state index in [1.165, 1.54) is 5.56 Å². The number of nitrogens with one attached hydrogen (secondary N) is 2. The Morgan fingerprint density at radius 1 is 1.44 bits per heavy atom. The van der Waals surface area contributed by atoms with Crippen molar-refractivity contribution >= 4 is 22.4 Å². The molecule has 2 heterocycles. The maximum Gasteiger partial charge on any atom is 0.191 e. The molecule has 0 bridgehead atoms. The van der Waals surface area contributed by atoms with Crippen LogP contribution in [0.4, 0.5) is 0 Å². The predicted molar refractivity (Wildman–Crippen MR) is 113 cm³/mol. The molecule has 6 nitrogen and oxygen atoms in total. The van der Waals surface area contributed by atoms with Crippen molar-refractivity contribution in [1.29, 1.82) is 0 Å². The van der Waals surface area contributed by atoms with Crippen LogP contribution in [-0.2, 0) is 17.2 Å². The molecule has 0 amide bonds. The van der Waals surface area contributed by atoms with E-state index in [-0.39, 0.29) is 0 Å². The highest BCUT2D eigenvalue weighted by molar-refractivity contribution is 7.85. The Kier molecular flexibility index (Phi) is 6.88. The Balaban J connectivity index is 1.50. The summed E-state index contributed by atoms with van der Waals surface area (Å²) in [6, 6.07) is 4.48. The monoisotopic (exact) mass is 389 g/mol. The molecule has 1 aliphatic rings. The smallest absolute Gasteiger partial charge is 0.191 e. The molecule has 1 fully saturated rings. The molecule has 0 aromatic carbocycles. The van der Waals surface area contributed by atoms with Crippen LogP contribution in [0.5, 0.6) is 0 Å². The number of aromatic nitrogens is 2. The third-order valence-electron chi connectivity index (χ3n) is 5.25. The van der Waals surface area contributed by atoms with Crippen LogP contribution in [-0.4, -0.2) is 50.2 Å². The summed E-state index contributed by atoms with van der Waals surface area (Å²) >= 11 is 0. The Hall–Kier alpha value is -1.89. The molecule has 2 aromatic heterocycles. The lowest BCUT2D eigenvalue weighted by molar-refractivity contribution is 0.413. The minimum atomic E-state index is -0.702. The minimum Gasteiger partial charge on any atom is -0.356 e. The van der Waals surface area contributed by atoms with Gasteiger partial charge < -0.3 is 15.0 Å². The third-order valence-corrected chi connectivity index (χ3v) is 6.99. The number of aliphatic imine (C=N–C) groups is 1. The number of nitrogens with zero attached hydrogens (tertiary/aromatic N) is 3. The molecular weight excluding hydrogens is 358 g/mol. The molecule has 7 heteroatoms. The highest BCUT2D eigenvalue weighted by Crippen LogP contribution is 2.23. The molecule has 3 atom stereocenters. The first kappa shape index (κ1) is 19.9. The highest BCUT2D eigenvalue weighted by Gasteiger charge is 2.25.